The fraction of sp³-hybridized carbons (Fsp3) is 0.423. The largest absolute Gasteiger partial charge is 0.448 e. The summed E-state index contributed by atoms with van der Waals surface area (Å²) in [7, 11) is 0. The second kappa shape index (κ2) is 10.3. The molecule has 7 nitrogen and oxygen atoms in total. The zero-order valence-electron chi connectivity index (χ0n) is 19.5. The molecule has 2 aromatic carbocycles. The number of carbonyl (C=O) groups is 3. The molecule has 8 heteroatoms. The minimum Gasteiger partial charge on any atom is -0.448 e. The van der Waals surface area contributed by atoms with Gasteiger partial charge in [-0.3, -0.25) is 14.5 Å². The maximum absolute atomic E-state index is 15.9. The lowest BCUT2D eigenvalue weighted by Gasteiger charge is -2.26. The first-order valence-electron chi connectivity index (χ1n) is 11.7. The molecule has 0 aromatic heterocycles. The zero-order chi connectivity index (χ0) is 24.2. The molecule has 2 aliphatic heterocycles. The van der Waals surface area contributed by atoms with Crippen LogP contribution < -0.4 is 10.6 Å². The fourth-order valence-electron chi connectivity index (χ4n) is 4.52. The molecule has 0 spiro atoms. The first-order chi connectivity index (χ1) is 16.4. The van der Waals surface area contributed by atoms with Crippen molar-refractivity contribution in [1.29, 1.82) is 0 Å². The molecule has 2 aliphatic rings. The minimum atomic E-state index is -1.12. The van der Waals surface area contributed by atoms with Crippen molar-refractivity contribution in [3.8, 4) is 11.1 Å². The van der Waals surface area contributed by atoms with Crippen molar-refractivity contribution in [2.24, 2.45) is 0 Å². The second-order valence-electron chi connectivity index (χ2n) is 9.05. The van der Waals surface area contributed by atoms with Gasteiger partial charge >= 0.3 is 6.09 Å². The summed E-state index contributed by atoms with van der Waals surface area (Å²) in [6, 6.07) is 10.9. The van der Waals surface area contributed by atoms with Gasteiger partial charge in [0.2, 0.25) is 5.91 Å². The van der Waals surface area contributed by atoms with Gasteiger partial charge in [0.15, 0.2) is 5.78 Å². The summed E-state index contributed by atoms with van der Waals surface area (Å²) in [4.78, 5) is 39.8. The van der Waals surface area contributed by atoms with Crippen molar-refractivity contribution < 1.29 is 23.5 Å². The number of amides is 2. The number of nitrogens with zero attached hydrogens (tertiary/aromatic N) is 1. The van der Waals surface area contributed by atoms with Gasteiger partial charge in [-0.25, -0.2) is 9.18 Å². The number of ketones is 1. The van der Waals surface area contributed by atoms with Crippen molar-refractivity contribution in [3.63, 3.8) is 0 Å². The van der Waals surface area contributed by atoms with E-state index >= 15 is 4.39 Å². The highest BCUT2D eigenvalue weighted by molar-refractivity contribution is 5.95. The molecule has 0 radical (unpaired) electrons. The molecular formula is C26H30FN3O4. The van der Waals surface area contributed by atoms with Crippen molar-refractivity contribution in [2.75, 3.05) is 26.2 Å². The van der Waals surface area contributed by atoms with Gasteiger partial charge < -0.3 is 15.4 Å². The van der Waals surface area contributed by atoms with E-state index < -0.39 is 29.8 Å². The normalized spacial score (nSPS) is 18.8. The number of benzene rings is 2. The van der Waals surface area contributed by atoms with E-state index in [0.29, 0.717) is 29.7 Å². The Morgan fingerprint density at radius 1 is 1.18 bits per heavy atom. The maximum Gasteiger partial charge on any atom is 0.410 e. The average molecular weight is 468 g/mol. The van der Waals surface area contributed by atoms with Crippen LogP contribution in [0.25, 0.3) is 11.1 Å². The molecule has 2 N–H and O–H groups in total. The van der Waals surface area contributed by atoms with Crippen LogP contribution in [0.2, 0.25) is 0 Å². The van der Waals surface area contributed by atoms with E-state index in [4.69, 9.17) is 4.74 Å². The number of cyclic esters (lactones) is 1. The Bertz CT molecular complexity index is 1070. The Hall–Kier alpha value is -3.26. The third-order valence-corrected chi connectivity index (χ3v) is 6.38. The SMILES string of the molecule is CC(C)c1ccc(C(NC(=O)C2CCCN2)C(=O)CN2CCOC2=O)c(-c2ccccc2)c1F. The molecule has 0 aliphatic carbocycles. The third-order valence-electron chi connectivity index (χ3n) is 6.38. The van der Waals surface area contributed by atoms with Crippen LogP contribution in [0.1, 0.15) is 49.8 Å². The summed E-state index contributed by atoms with van der Waals surface area (Å²) in [6.07, 6.45) is 0.959. The summed E-state index contributed by atoms with van der Waals surface area (Å²) in [6.45, 7) is 4.81. The second-order valence-corrected chi connectivity index (χ2v) is 9.05. The van der Waals surface area contributed by atoms with Gasteiger partial charge in [-0.2, -0.15) is 0 Å². The molecule has 2 saturated heterocycles. The van der Waals surface area contributed by atoms with Crippen molar-refractivity contribution in [1.82, 2.24) is 15.5 Å². The molecule has 2 heterocycles. The summed E-state index contributed by atoms with van der Waals surface area (Å²) in [5.41, 5.74) is 1.80. The molecule has 4 rings (SSSR count). The van der Waals surface area contributed by atoms with Gasteiger partial charge in [-0.1, -0.05) is 56.3 Å². The number of nitrogens with one attached hydrogen (secondary N) is 2. The predicted molar refractivity (Wildman–Crippen MR) is 126 cm³/mol. The van der Waals surface area contributed by atoms with E-state index in [1.807, 2.05) is 19.9 Å². The van der Waals surface area contributed by atoms with Crippen LogP contribution in [0.4, 0.5) is 9.18 Å². The number of halogens is 1. The molecule has 2 fully saturated rings. The Morgan fingerprint density at radius 2 is 1.91 bits per heavy atom. The van der Waals surface area contributed by atoms with Crippen LogP contribution in [-0.2, 0) is 14.3 Å². The van der Waals surface area contributed by atoms with E-state index in [9.17, 15) is 14.4 Å². The monoisotopic (exact) mass is 467 g/mol. The Labute approximate surface area is 198 Å². The summed E-state index contributed by atoms with van der Waals surface area (Å²) in [5, 5.41) is 5.99. The van der Waals surface area contributed by atoms with Crippen LogP contribution in [0.5, 0.6) is 0 Å². The Balaban J connectivity index is 1.77. The summed E-state index contributed by atoms with van der Waals surface area (Å²) >= 11 is 0. The van der Waals surface area contributed by atoms with E-state index in [1.165, 1.54) is 4.90 Å². The number of hydrogen-bond acceptors (Lipinski definition) is 5. The van der Waals surface area contributed by atoms with Crippen molar-refractivity contribution in [3.05, 3.63) is 59.4 Å². The van der Waals surface area contributed by atoms with Gasteiger partial charge in [0.1, 0.15) is 18.5 Å². The third kappa shape index (κ3) is 4.97. The van der Waals surface area contributed by atoms with Crippen molar-refractivity contribution >= 4 is 17.8 Å². The van der Waals surface area contributed by atoms with Crippen LogP contribution in [-0.4, -0.2) is 55.0 Å². The maximum atomic E-state index is 15.9. The average Bonchev–Trinajstić information content (AvgIpc) is 3.50. The summed E-state index contributed by atoms with van der Waals surface area (Å²) < 4.78 is 20.8. The minimum absolute atomic E-state index is 0.0673. The lowest BCUT2D eigenvalue weighted by atomic mass is 9.87. The molecule has 0 bridgehead atoms. The van der Waals surface area contributed by atoms with Crippen LogP contribution in [0.3, 0.4) is 0 Å². The topological polar surface area (TPSA) is 87.7 Å². The van der Waals surface area contributed by atoms with Gasteiger partial charge in [-0.05, 0) is 42.0 Å². The lowest BCUT2D eigenvalue weighted by Crippen LogP contribution is -2.46. The predicted octanol–water partition coefficient (Wildman–Crippen LogP) is 3.55. The number of carbonyl (C=O) groups excluding carboxylic acids is 3. The standard InChI is InChI=1S/C26H30FN3O4/c1-16(2)18-10-11-19(22(23(18)27)17-7-4-3-5-8-17)24(29-25(32)20-9-6-12-28-20)21(31)15-30-13-14-34-26(30)33/h3-5,7-8,10-11,16,20,24,28H,6,9,12-15H2,1-2H3,(H,29,32). The Morgan fingerprint density at radius 3 is 2.53 bits per heavy atom. The lowest BCUT2D eigenvalue weighted by molar-refractivity contribution is -0.129. The number of rotatable bonds is 8. The molecule has 2 unspecified atom stereocenters. The molecule has 34 heavy (non-hydrogen) atoms. The fourth-order valence-corrected chi connectivity index (χ4v) is 4.52. The highest BCUT2D eigenvalue weighted by Crippen LogP contribution is 2.35. The van der Waals surface area contributed by atoms with Crippen molar-refractivity contribution in [2.45, 2.75) is 44.7 Å². The first kappa shape index (κ1) is 23.9. The molecule has 2 atom stereocenters. The van der Waals surface area contributed by atoms with Crippen LogP contribution >= 0.6 is 0 Å². The molecule has 180 valence electrons. The number of ether oxygens (including phenoxy) is 1. The highest BCUT2D eigenvalue weighted by atomic mass is 19.1. The number of Topliss-reactive ketones (excluding diaryl/α,β-unsaturated/α-hetero) is 1. The molecular weight excluding hydrogens is 437 g/mol. The van der Waals surface area contributed by atoms with Gasteiger partial charge in [0.25, 0.3) is 0 Å². The van der Waals surface area contributed by atoms with Crippen LogP contribution in [0, 0.1) is 5.82 Å². The molecule has 2 amide bonds. The summed E-state index contributed by atoms with van der Waals surface area (Å²) in [5.74, 6) is -1.20. The zero-order valence-corrected chi connectivity index (χ0v) is 19.5. The smallest absolute Gasteiger partial charge is 0.410 e. The van der Waals surface area contributed by atoms with E-state index in [0.717, 1.165) is 13.0 Å². The number of hydrogen-bond donors (Lipinski definition) is 2. The van der Waals surface area contributed by atoms with E-state index in [-0.39, 0.29) is 30.5 Å². The molecule has 2 aromatic rings. The van der Waals surface area contributed by atoms with E-state index in [1.54, 1.807) is 36.4 Å². The quantitative estimate of drug-likeness (QED) is 0.620. The van der Waals surface area contributed by atoms with E-state index in [2.05, 4.69) is 10.6 Å². The highest BCUT2D eigenvalue weighted by Gasteiger charge is 2.34. The van der Waals surface area contributed by atoms with Gasteiger partial charge in [0, 0.05) is 5.56 Å². The van der Waals surface area contributed by atoms with Gasteiger partial charge in [-0.15, -0.1) is 0 Å². The molecule has 0 saturated carbocycles. The van der Waals surface area contributed by atoms with Gasteiger partial charge in [0.05, 0.1) is 19.1 Å². The van der Waals surface area contributed by atoms with Crippen LogP contribution in [0.15, 0.2) is 42.5 Å². The first-order valence-corrected chi connectivity index (χ1v) is 11.7. The Kier molecular flexibility index (Phi) is 7.26.